The van der Waals surface area contributed by atoms with Gasteiger partial charge in [0.2, 0.25) is 0 Å². The molecular formula is C14H18BrN3O. The summed E-state index contributed by atoms with van der Waals surface area (Å²) in [5.41, 5.74) is 3.30. The van der Waals surface area contributed by atoms with Gasteiger partial charge in [-0.3, -0.25) is 4.68 Å². The molecule has 1 aromatic heterocycles. The van der Waals surface area contributed by atoms with Crippen LogP contribution in [0.2, 0.25) is 0 Å². The fourth-order valence-electron chi connectivity index (χ4n) is 2.02. The van der Waals surface area contributed by atoms with E-state index >= 15 is 0 Å². The number of benzene rings is 1. The summed E-state index contributed by atoms with van der Waals surface area (Å²) in [6, 6.07) is 4.20. The third-order valence-corrected chi connectivity index (χ3v) is 3.53. The van der Waals surface area contributed by atoms with E-state index in [1.54, 1.807) is 11.8 Å². The first-order chi connectivity index (χ1) is 9.01. The number of methoxy groups -OCH3 is 1. The van der Waals surface area contributed by atoms with Gasteiger partial charge < -0.3 is 10.1 Å². The summed E-state index contributed by atoms with van der Waals surface area (Å²) in [6.07, 6.45) is 3.89. The Hall–Kier alpha value is -1.49. The molecule has 0 saturated carbocycles. The zero-order valence-electron chi connectivity index (χ0n) is 11.6. The molecule has 5 heteroatoms. The number of nitrogens with zero attached hydrogens (tertiary/aromatic N) is 2. The lowest BCUT2D eigenvalue weighted by molar-refractivity contribution is 0.415. The minimum atomic E-state index is 0.169. The monoisotopic (exact) mass is 323 g/mol. The van der Waals surface area contributed by atoms with Gasteiger partial charge in [-0.05, 0) is 31.5 Å². The molecule has 0 bridgehead atoms. The van der Waals surface area contributed by atoms with Crippen molar-refractivity contribution in [1.29, 1.82) is 0 Å². The van der Waals surface area contributed by atoms with Crippen molar-refractivity contribution >= 4 is 21.6 Å². The van der Waals surface area contributed by atoms with Crippen LogP contribution in [0.3, 0.4) is 0 Å². The zero-order valence-corrected chi connectivity index (χ0v) is 13.2. The molecule has 1 unspecified atom stereocenters. The lowest BCUT2D eigenvalue weighted by atomic mass is 10.1. The highest BCUT2D eigenvalue weighted by Gasteiger charge is 2.13. The minimum absolute atomic E-state index is 0.169. The number of nitrogens with one attached hydrogen (secondary N) is 1. The van der Waals surface area contributed by atoms with E-state index in [0.717, 1.165) is 27.0 Å². The molecule has 0 amide bonds. The SMILES string of the molecule is COc1cc(Br)cc(C)c1NC(C)c1cnn(C)c1. The Bertz CT molecular complexity index is 580. The Balaban J connectivity index is 2.28. The molecule has 0 aliphatic carbocycles. The molecule has 0 aliphatic heterocycles. The lowest BCUT2D eigenvalue weighted by Crippen LogP contribution is -2.08. The topological polar surface area (TPSA) is 39.1 Å². The second-order valence-corrected chi connectivity index (χ2v) is 5.53. The number of hydrogen-bond donors (Lipinski definition) is 1. The van der Waals surface area contributed by atoms with Crippen molar-refractivity contribution in [2.45, 2.75) is 19.9 Å². The normalized spacial score (nSPS) is 12.3. The van der Waals surface area contributed by atoms with Gasteiger partial charge in [0.15, 0.2) is 0 Å². The minimum Gasteiger partial charge on any atom is -0.495 e. The van der Waals surface area contributed by atoms with Crippen LogP contribution in [0.1, 0.15) is 24.1 Å². The Labute approximate surface area is 121 Å². The van der Waals surface area contributed by atoms with Crippen molar-refractivity contribution in [3.05, 3.63) is 40.1 Å². The van der Waals surface area contributed by atoms with Crippen LogP contribution in [0.5, 0.6) is 5.75 Å². The number of ether oxygens (including phenoxy) is 1. The van der Waals surface area contributed by atoms with E-state index in [0.29, 0.717) is 0 Å². The summed E-state index contributed by atoms with van der Waals surface area (Å²) in [5, 5.41) is 7.68. The average Bonchev–Trinajstić information content (AvgIpc) is 2.78. The van der Waals surface area contributed by atoms with E-state index in [4.69, 9.17) is 4.74 Å². The molecular weight excluding hydrogens is 306 g/mol. The predicted molar refractivity (Wildman–Crippen MR) is 80.7 cm³/mol. The number of halogens is 1. The van der Waals surface area contributed by atoms with Gasteiger partial charge in [-0.15, -0.1) is 0 Å². The Morgan fingerprint density at radius 1 is 1.42 bits per heavy atom. The van der Waals surface area contributed by atoms with Crippen molar-refractivity contribution in [3.8, 4) is 5.75 Å². The Morgan fingerprint density at radius 3 is 2.74 bits per heavy atom. The number of hydrogen-bond acceptors (Lipinski definition) is 3. The lowest BCUT2D eigenvalue weighted by Gasteiger charge is -2.19. The summed E-state index contributed by atoms with van der Waals surface area (Å²) >= 11 is 3.48. The third kappa shape index (κ3) is 3.10. The van der Waals surface area contributed by atoms with Gasteiger partial charge >= 0.3 is 0 Å². The number of anilines is 1. The molecule has 1 heterocycles. The van der Waals surface area contributed by atoms with Gasteiger partial charge in [0.25, 0.3) is 0 Å². The molecule has 0 aliphatic rings. The van der Waals surface area contributed by atoms with Crippen LogP contribution >= 0.6 is 15.9 Å². The summed E-state index contributed by atoms with van der Waals surface area (Å²) < 4.78 is 8.26. The molecule has 1 aromatic carbocycles. The first-order valence-corrected chi connectivity index (χ1v) is 6.89. The Morgan fingerprint density at radius 2 is 2.16 bits per heavy atom. The van der Waals surface area contributed by atoms with Gasteiger partial charge in [0.1, 0.15) is 5.75 Å². The van der Waals surface area contributed by atoms with Gasteiger partial charge in [-0.1, -0.05) is 15.9 Å². The van der Waals surface area contributed by atoms with Crippen LogP contribution in [-0.4, -0.2) is 16.9 Å². The van der Waals surface area contributed by atoms with Gasteiger partial charge in [-0.25, -0.2) is 0 Å². The van der Waals surface area contributed by atoms with E-state index in [1.165, 1.54) is 0 Å². The van der Waals surface area contributed by atoms with E-state index < -0.39 is 0 Å². The highest BCUT2D eigenvalue weighted by molar-refractivity contribution is 9.10. The van der Waals surface area contributed by atoms with E-state index in [2.05, 4.69) is 46.3 Å². The smallest absolute Gasteiger partial charge is 0.143 e. The third-order valence-electron chi connectivity index (χ3n) is 3.07. The molecule has 0 saturated heterocycles. The van der Waals surface area contributed by atoms with Crippen LogP contribution < -0.4 is 10.1 Å². The van der Waals surface area contributed by atoms with Crippen molar-refractivity contribution in [1.82, 2.24) is 9.78 Å². The van der Waals surface area contributed by atoms with Gasteiger partial charge in [-0.2, -0.15) is 5.10 Å². The average molecular weight is 324 g/mol. The van der Waals surface area contributed by atoms with Crippen molar-refractivity contribution < 1.29 is 4.74 Å². The van der Waals surface area contributed by atoms with Crippen LogP contribution in [0.25, 0.3) is 0 Å². The predicted octanol–water partition coefficient (Wildman–Crippen LogP) is 3.67. The van der Waals surface area contributed by atoms with Crippen LogP contribution in [-0.2, 0) is 7.05 Å². The molecule has 1 atom stereocenters. The molecule has 19 heavy (non-hydrogen) atoms. The van der Waals surface area contributed by atoms with Crippen LogP contribution in [0, 0.1) is 6.92 Å². The number of aromatic nitrogens is 2. The van der Waals surface area contributed by atoms with Gasteiger partial charge in [0.05, 0.1) is 25.0 Å². The zero-order chi connectivity index (χ0) is 14.0. The molecule has 0 radical (unpaired) electrons. The van der Waals surface area contributed by atoms with Gasteiger partial charge in [0, 0.05) is 23.3 Å². The van der Waals surface area contributed by atoms with Crippen molar-refractivity contribution in [2.75, 3.05) is 12.4 Å². The highest BCUT2D eigenvalue weighted by atomic mass is 79.9. The summed E-state index contributed by atoms with van der Waals surface area (Å²) in [6.45, 7) is 4.17. The molecule has 0 spiro atoms. The molecule has 2 rings (SSSR count). The molecule has 4 nitrogen and oxygen atoms in total. The number of aryl methyl sites for hydroxylation is 2. The first-order valence-electron chi connectivity index (χ1n) is 6.10. The second-order valence-electron chi connectivity index (χ2n) is 4.61. The van der Waals surface area contributed by atoms with E-state index in [1.807, 2.05) is 25.5 Å². The molecule has 2 aromatic rings. The van der Waals surface area contributed by atoms with E-state index in [9.17, 15) is 0 Å². The van der Waals surface area contributed by atoms with Crippen molar-refractivity contribution in [3.63, 3.8) is 0 Å². The summed E-state index contributed by atoms with van der Waals surface area (Å²) in [7, 11) is 3.60. The Kier molecular flexibility index (Phi) is 4.14. The molecule has 102 valence electrons. The highest BCUT2D eigenvalue weighted by Crippen LogP contribution is 2.34. The maximum atomic E-state index is 5.44. The summed E-state index contributed by atoms with van der Waals surface area (Å²) in [5.74, 6) is 0.836. The van der Waals surface area contributed by atoms with E-state index in [-0.39, 0.29) is 6.04 Å². The summed E-state index contributed by atoms with van der Waals surface area (Å²) in [4.78, 5) is 0. The van der Waals surface area contributed by atoms with Crippen LogP contribution in [0.15, 0.2) is 29.0 Å². The molecule has 1 N–H and O–H groups in total. The van der Waals surface area contributed by atoms with Crippen LogP contribution in [0.4, 0.5) is 5.69 Å². The maximum absolute atomic E-state index is 5.44. The quantitative estimate of drug-likeness (QED) is 0.933. The standard InChI is InChI=1S/C14H18BrN3O/c1-9-5-12(15)6-13(19-4)14(9)17-10(2)11-7-16-18(3)8-11/h5-8,10,17H,1-4H3. The second kappa shape index (κ2) is 5.65. The largest absolute Gasteiger partial charge is 0.495 e. The fraction of sp³-hybridized carbons (Fsp3) is 0.357. The fourth-order valence-corrected chi connectivity index (χ4v) is 2.57. The first kappa shape index (κ1) is 13.9. The van der Waals surface area contributed by atoms with Crippen molar-refractivity contribution in [2.24, 2.45) is 7.05 Å². The maximum Gasteiger partial charge on any atom is 0.143 e. The number of rotatable bonds is 4. The molecule has 0 fully saturated rings.